The second-order valence-electron chi connectivity index (χ2n) is 5.21. The quantitative estimate of drug-likeness (QED) is 0.583. The first-order valence-corrected chi connectivity index (χ1v) is 6.29. The van der Waals surface area contributed by atoms with Gasteiger partial charge in [-0.05, 0) is 5.92 Å². The number of amides is 3. The number of nitrogens with one attached hydrogen (secondary N) is 1. The zero-order valence-electron chi connectivity index (χ0n) is 11.4. The molecule has 0 bridgehead atoms. The summed E-state index contributed by atoms with van der Waals surface area (Å²) in [4.78, 5) is 36.1. The number of rotatable bonds is 4. The van der Waals surface area contributed by atoms with Gasteiger partial charge in [0.1, 0.15) is 12.1 Å². The highest BCUT2D eigenvalue weighted by molar-refractivity contribution is 5.91. The topological polar surface area (TPSA) is 113 Å². The molecule has 0 spiro atoms. The minimum Gasteiger partial charge on any atom is -0.391 e. The molecule has 7 heteroatoms. The van der Waals surface area contributed by atoms with Crippen LogP contribution in [-0.2, 0) is 14.4 Å². The molecule has 4 N–H and O–H groups in total. The maximum Gasteiger partial charge on any atom is 0.243 e. The van der Waals surface area contributed by atoms with Gasteiger partial charge >= 0.3 is 0 Å². The first-order valence-electron chi connectivity index (χ1n) is 6.29. The predicted octanol–water partition coefficient (Wildman–Crippen LogP) is -1.41. The minimum atomic E-state index is -0.779. The highest BCUT2D eigenvalue weighted by Gasteiger charge is 2.38. The Labute approximate surface area is 112 Å². The fourth-order valence-electron chi connectivity index (χ4n) is 2.23. The Hall–Kier alpha value is -1.63. The van der Waals surface area contributed by atoms with Gasteiger partial charge in [0.2, 0.25) is 17.7 Å². The smallest absolute Gasteiger partial charge is 0.243 e. The van der Waals surface area contributed by atoms with Crippen molar-refractivity contribution in [2.45, 2.75) is 45.4 Å². The van der Waals surface area contributed by atoms with Gasteiger partial charge in [-0.1, -0.05) is 13.8 Å². The second-order valence-corrected chi connectivity index (χ2v) is 5.21. The minimum absolute atomic E-state index is 0.135. The number of hydrogen-bond acceptors (Lipinski definition) is 4. The van der Waals surface area contributed by atoms with Crippen LogP contribution in [0.15, 0.2) is 0 Å². The van der Waals surface area contributed by atoms with Crippen LogP contribution >= 0.6 is 0 Å². The Balaban J connectivity index is 2.76. The van der Waals surface area contributed by atoms with E-state index in [1.165, 1.54) is 11.8 Å². The lowest BCUT2D eigenvalue weighted by atomic mass is 10.0. The van der Waals surface area contributed by atoms with E-state index >= 15 is 0 Å². The van der Waals surface area contributed by atoms with Crippen LogP contribution in [0.3, 0.4) is 0 Å². The van der Waals surface area contributed by atoms with Gasteiger partial charge in [0, 0.05) is 19.9 Å². The molecule has 0 aromatic carbocycles. The number of aliphatic hydroxyl groups excluding tert-OH is 1. The average Bonchev–Trinajstić information content (AvgIpc) is 2.67. The van der Waals surface area contributed by atoms with Crippen molar-refractivity contribution >= 4 is 17.7 Å². The van der Waals surface area contributed by atoms with Crippen molar-refractivity contribution < 1.29 is 19.5 Å². The number of carbonyl (C=O) groups excluding carboxylic acids is 3. The van der Waals surface area contributed by atoms with E-state index in [0.717, 1.165) is 0 Å². The summed E-state index contributed by atoms with van der Waals surface area (Å²) >= 11 is 0. The third kappa shape index (κ3) is 3.66. The molecule has 1 heterocycles. The van der Waals surface area contributed by atoms with Gasteiger partial charge in [0.05, 0.1) is 6.10 Å². The summed E-state index contributed by atoms with van der Waals surface area (Å²) in [7, 11) is 0. The lowest BCUT2D eigenvalue weighted by Gasteiger charge is -2.25. The van der Waals surface area contributed by atoms with Crippen LogP contribution in [0.2, 0.25) is 0 Å². The Kier molecular flexibility index (Phi) is 4.88. The van der Waals surface area contributed by atoms with E-state index in [1.54, 1.807) is 13.8 Å². The third-order valence-electron chi connectivity index (χ3n) is 3.26. The van der Waals surface area contributed by atoms with Crippen molar-refractivity contribution in [1.29, 1.82) is 0 Å². The summed E-state index contributed by atoms with van der Waals surface area (Å²) < 4.78 is 0. The van der Waals surface area contributed by atoms with E-state index in [-0.39, 0.29) is 24.8 Å². The van der Waals surface area contributed by atoms with Crippen LogP contribution in [0.1, 0.15) is 27.2 Å². The first kappa shape index (κ1) is 15.4. The van der Waals surface area contributed by atoms with Crippen molar-refractivity contribution in [3.05, 3.63) is 0 Å². The summed E-state index contributed by atoms with van der Waals surface area (Å²) in [5.74, 6) is -1.49. The monoisotopic (exact) mass is 271 g/mol. The third-order valence-corrected chi connectivity index (χ3v) is 3.26. The molecule has 0 aromatic rings. The lowest BCUT2D eigenvalue weighted by Crippen LogP contribution is -2.53. The molecule has 19 heavy (non-hydrogen) atoms. The van der Waals surface area contributed by atoms with E-state index in [2.05, 4.69) is 5.32 Å². The maximum absolute atomic E-state index is 12.1. The summed E-state index contributed by atoms with van der Waals surface area (Å²) in [5.41, 5.74) is 5.22. The zero-order valence-corrected chi connectivity index (χ0v) is 11.4. The van der Waals surface area contributed by atoms with Crippen molar-refractivity contribution in [2.24, 2.45) is 11.7 Å². The number of nitrogens with two attached hydrogens (primary N) is 1. The van der Waals surface area contributed by atoms with Crippen molar-refractivity contribution in [3.8, 4) is 0 Å². The summed E-state index contributed by atoms with van der Waals surface area (Å²) in [5, 5.41) is 12.1. The van der Waals surface area contributed by atoms with Crippen LogP contribution in [0, 0.1) is 5.92 Å². The molecule has 1 aliphatic heterocycles. The van der Waals surface area contributed by atoms with Gasteiger partial charge in [-0.3, -0.25) is 14.4 Å². The standard InChI is InChI=1S/C12H21N3O4/c1-6(2)10(11(13)18)14-12(19)9-4-8(17)5-15(9)7(3)16/h6,8-10,17H,4-5H2,1-3H3,(H2,13,18)(H,14,19)/t8-,9+,10+/m1/s1. The largest absolute Gasteiger partial charge is 0.391 e. The molecule has 3 amide bonds. The molecule has 1 aliphatic rings. The Morgan fingerprint density at radius 1 is 1.37 bits per heavy atom. The number of nitrogens with zero attached hydrogens (tertiary/aromatic N) is 1. The van der Waals surface area contributed by atoms with Crippen LogP contribution in [-0.4, -0.2) is 52.5 Å². The molecule has 0 saturated carbocycles. The molecule has 1 fully saturated rings. The van der Waals surface area contributed by atoms with E-state index in [1.807, 2.05) is 0 Å². The van der Waals surface area contributed by atoms with Crippen LogP contribution in [0.5, 0.6) is 0 Å². The van der Waals surface area contributed by atoms with E-state index in [9.17, 15) is 19.5 Å². The van der Waals surface area contributed by atoms with Gasteiger partial charge in [0.25, 0.3) is 0 Å². The Morgan fingerprint density at radius 2 is 1.95 bits per heavy atom. The molecule has 7 nitrogen and oxygen atoms in total. The fourth-order valence-corrected chi connectivity index (χ4v) is 2.23. The molecule has 0 aromatic heterocycles. The van der Waals surface area contributed by atoms with Crippen molar-refractivity contribution in [2.75, 3.05) is 6.54 Å². The average molecular weight is 271 g/mol. The number of likely N-dealkylation sites (tertiary alicyclic amines) is 1. The lowest BCUT2D eigenvalue weighted by molar-refractivity contribution is -0.138. The number of hydrogen-bond donors (Lipinski definition) is 3. The van der Waals surface area contributed by atoms with Crippen molar-refractivity contribution in [3.63, 3.8) is 0 Å². The van der Waals surface area contributed by atoms with Gasteiger partial charge in [-0.2, -0.15) is 0 Å². The van der Waals surface area contributed by atoms with Gasteiger partial charge in [-0.25, -0.2) is 0 Å². The second kappa shape index (κ2) is 6.01. The van der Waals surface area contributed by atoms with Gasteiger partial charge in [-0.15, -0.1) is 0 Å². The van der Waals surface area contributed by atoms with Crippen LogP contribution < -0.4 is 11.1 Å². The predicted molar refractivity (Wildman–Crippen MR) is 67.8 cm³/mol. The fraction of sp³-hybridized carbons (Fsp3) is 0.750. The SMILES string of the molecule is CC(=O)N1C[C@H](O)C[C@H]1C(=O)N[C@H](C(N)=O)C(C)C. The number of β-amino-alcohol motifs (C(OH)–C–C–N with tert-alkyl or cyclic N) is 1. The Morgan fingerprint density at radius 3 is 2.37 bits per heavy atom. The molecule has 108 valence electrons. The zero-order chi connectivity index (χ0) is 14.7. The molecule has 3 atom stereocenters. The highest BCUT2D eigenvalue weighted by atomic mass is 16.3. The maximum atomic E-state index is 12.1. The van der Waals surface area contributed by atoms with E-state index in [4.69, 9.17) is 5.73 Å². The summed E-state index contributed by atoms with van der Waals surface area (Å²) in [6, 6.07) is -1.52. The molecule has 0 radical (unpaired) electrons. The number of carbonyl (C=O) groups is 3. The molecule has 0 unspecified atom stereocenters. The molecular weight excluding hydrogens is 250 g/mol. The van der Waals surface area contributed by atoms with E-state index in [0.29, 0.717) is 0 Å². The van der Waals surface area contributed by atoms with Gasteiger partial charge in [0.15, 0.2) is 0 Å². The Bertz CT molecular complexity index is 383. The normalized spacial score (nSPS) is 24.4. The molecule has 0 aliphatic carbocycles. The molecule has 1 saturated heterocycles. The van der Waals surface area contributed by atoms with Gasteiger partial charge < -0.3 is 21.1 Å². The van der Waals surface area contributed by atoms with Crippen molar-refractivity contribution in [1.82, 2.24) is 10.2 Å². The van der Waals surface area contributed by atoms with E-state index < -0.39 is 30.0 Å². The number of primary amides is 1. The number of aliphatic hydroxyl groups is 1. The first-order chi connectivity index (χ1) is 8.73. The van der Waals surface area contributed by atoms with Crippen LogP contribution in [0.25, 0.3) is 0 Å². The molecule has 1 rings (SSSR count). The summed E-state index contributed by atoms with van der Waals surface area (Å²) in [6.07, 6.45) is -0.541. The van der Waals surface area contributed by atoms with Crippen LogP contribution in [0.4, 0.5) is 0 Å². The molecular formula is C12H21N3O4. The highest BCUT2D eigenvalue weighted by Crippen LogP contribution is 2.18. The summed E-state index contributed by atoms with van der Waals surface area (Å²) in [6.45, 7) is 5.01.